The highest BCUT2D eigenvalue weighted by Crippen LogP contribution is 2.26. The van der Waals surface area contributed by atoms with Gasteiger partial charge in [0.2, 0.25) is 5.91 Å². The zero-order chi connectivity index (χ0) is 24.3. The van der Waals surface area contributed by atoms with Crippen molar-refractivity contribution in [1.29, 1.82) is 0 Å². The third kappa shape index (κ3) is 5.52. The van der Waals surface area contributed by atoms with Crippen LogP contribution < -0.4 is 10.9 Å². The molecule has 1 fully saturated rings. The number of hydrogen-bond acceptors (Lipinski definition) is 6. The molecule has 3 aromatic rings. The lowest BCUT2D eigenvalue weighted by Gasteiger charge is -2.18. The minimum Gasteiger partial charge on any atom is -0.351 e. The molecule has 2 heterocycles. The van der Waals surface area contributed by atoms with Crippen LogP contribution in [0.3, 0.4) is 0 Å². The fourth-order valence-electron chi connectivity index (χ4n) is 4.05. The molecule has 0 bridgehead atoms. The van der Waals surface area contributed by atoms with Crippen molar-refractivity contribution in [2.75, 3.05) is 11.5 Å². The van der Waals surface area contributed by atoms with E-state index in [0.717, 1.165) is 19.3 Å². The molecule has 2 atom stereocenters. The molecule has 9 heteroatoms. The van der Waals surface area contributed by atoms with Crippen LogP contribution in [0, 0.1) is 0 Å². The summed E-state index contributed by atoms with van der Waals surface area (Å²) in [5, 5.41) is 3.21. The largest absolute Gasteiger partial charge is 0.351 e. The van der Waals surface area contributed by atoms with E-state index in [-0.39, 0.29) is 29.0 Å². The second-order valence-electron chi connectivity index (χ2n) is 8.69. The van der Waals surface area contributed by atoms with Gasteiger partial charge < -0.3 is 5.32 Å². The Bertz CT molecular complexity index is 1350. The number of rotatable bonds is 8. The summed E-state index contributed by atoms with van der Waals surface area (Å²) in [6, 6.07) is 14.7. The predicted molar refractivity (Wildman–Crippen MR) is 136 cm³/mol. The molecule has 0 saturated carbocycles. The summed E-state index contributed by atoms with van der Waals surface area (Å²) in [5.41, 5.74) is 2.28. The van der Waals surface area contributed by atoms with Gasteiger partial charge in [0, 0.05) is 6.04 Å². The van der Waals surface area contributed by atoms with Gasteiger partial charge in [-0.05, 0) is 56.0 Å². The van der Waals surface area contributed by atoms with Crippen LogP contribution in [-0.2, 0) is 21.1 Å². The first kappa shape index (κ1) is 24.5. The second-order valence-corrected chi connectivity index (χ2v) is 12.2. The maximum absolute atomic E-state index is 13.5. The maximum Gasteiger partial charge on any atom is 0.266 e. The number of hydrogen-bond donors (Lipinski definition) is 1. The Morgan fingerprint density at radius 2 is 1.94 bits per heavy atom. The van der Waals surface area contributed by atoms with Crippen molar-refractivity contribution < 1.29 is 13.2 Å². The van der Waals surface area contributed by atoms with Gasteiger partial charge in [-0.1, -0.05) is 49.4 Å². The Balaban J connectivity index is 1.64. The van der Waals surface area contributed by atoms with E-state index in [0.29, 0.717) is 28.2 Å². The SMILES string of the molecule is CCCCc1ccc(-n2c(SC(C)C(=O)NC3CCS(=O)(=O)C3)nc3ccccc3c2=O)cc1. The molecule has 0 radical (unpaired) electrons. The van der Waals surface area contributed by atoms with Gasteiger partial charge in [-0.25, -0.2) is 13.4 Å². The van der Waals surface area contributed by atoms with E-state index in [2.05, 4.69) is 12.2 Å². The van der Waals surface area contributed by atoms with Crippen molar-refractivity contribution in [2.45, 2.75) is 56.0 Å². The number of para-hydroxylation sites is 1. The van der Waals surface area contributed by atoms with Gasteiger partial charge in [0.05, 0.1) is 33.3 Å². The monoisotopic (exact) mass is 499 g/mol. The Hall–Kier alpha value is -2.65. The van der Waals surface area contributed by atoms with Crippen LogP contribution in [0.5, 0.6) is 0 Å². The lowest BCUT2D eigenvalue weighted by Crippen LogP contribution is -2.40. The van der Waals surface area contributed by atoms with Gasteiger partial charge in [-0.3, -0.25) is 14.2 Å². The molecular formula is C25H29N3O4S2. The smallest absolute Gasteiger partial charge is 0.266 e. The number of amides is 1. The van der Waals surface area contributed by atoms with Crippen LogP contribution >= 0.6 is 11.8 Å². The zero-order valence-corrected chi connectivity index (χ0v) is 21.0. The zero-order valence-electron chi connectivity index (χ0n) is 19.4. The molecule has 1 amide bonds. The molecule has 180 valence electrons. The quantitative estimate of drug-likeness (QED) is 0.376. The first-order chi connectivity index (χ1) is 16.3. The highest BCUT2D eigenvalue weighted by molar-refractivity contribution is 8.00. The van der Waals surface area contributed by atoms with Crippen molar-refractivity contribution in [1.82, 2.24) is 14.9 Å². The Kier molecular flexibility index (Phi) is 7.42. The molecule has 0 aliphatic carbocycles. The first-order valence-corrected chi connectivity index (χ1v) is 14.3. The fraction of sp³-hybridized carbons (Fsp3) is 0.400. The summed E-state index contributed by atoms with van der Waals surface area (Å²) < 4.78 is 25.0. The number of fused-ring (bicyclic) bond motifs is 1. The normalized spacial score (nSPS) is 18.1. The number of thioether (sulfide) groups is 1. The summed E-state index contributed by atoms with van der Waals surface area (Å²) in [5.74, 6) is -0.199. The molecule has 4 rings (SSSR count). The molecule has 1 saturated heterocycles. The molecule has 0 spiro atoms. The third-order valence-corrected chi connectivity index (χ3v) is 8.81. The number of sulfone groups is 1. The molecule has 2 aromatic carbocycles. The molecule has 1 aromatic heterocycles. The molecular weight excluding hydrogens is 470 g/mol. The average molecular weight is 500 g/mol. The van der Waals surface area contributed by atoms with Crippen LogP contribution in [0.2, 0.25) is 0 Å². The van der Waals surface area contributed by atoms with Crippen LogP contribution in [0.15, 0.2) is 58.5 Å². The molecule has 7 nitrogen and oxygen atoms in total. The number of benzene rings is 2. The van der Waals surface area contributed by atoms with Crippen LogP contribution in [0.25, 0.3) is 16.6 Å². The van der Waals surface area contributed by atoms with E-state index in [1.165, 1.54) is 17.3 Å². The lowest BCUT2D eigenvalue weighted by molar-refractivity contribution is -0.120. The number of carbonyl (C=O) groups excluding carboxylic acids is 1. The highest BCUT2D eigenvalue weighted by Gasteiger charge is 2.30. The number of nitrogens with zero attached hydrogens (tertiary/aromatic N) is 2. The Labute approximate surface area is 203 Å². The van der Waals surface area contributed by atoms with Crippen LogP contribution in [0.4, 0.5) is 0 Å². The minimum atomic E-state index is -3.09. The molecule has 1 aliphatic heterocycles. The topological polar surface area (TPSA) is 98.1 Å². The number of carbonyl (C=O) groups is 1. The van der Waals surface area contributed by atoms with Gasteiger partial charge in [0.1, 0.15) is 0 Å². The van der Waals surface area contributed by atoms with Gasteiger partial charge in [0.25, 0.3) is 5.56 Å². The predicted octanol–water partition coefficient (Wildman–Crippen LogP) is 3.51. The molecule has 1 N–H and O–H groups in total. The van der Waals surface area contributed by atoms with E-state index in [4.69, 9.17) is 4.98 Å². The van der Waals surface area contributed by atoms with Crippen molar-refractivity contribution in [3.05, 3.63) is 64.4 Å². The van der Waals surface area contributed by atoms with Crippen molar-refractivity contribution >= 4 is 38.4 Å². The molecule has 34 heavy (non-hydrogen) atoms. The van der Waals surface area contributed by atoms with Gasteiger partial charge in [-0.15, -0.1) is 0 Å². The van der Waals surface area contributed by atoms with E-state index >= 15 is 0 Å². The number of unbranched alkanes of at least 4 members (excludes halogenated alkanes) is 1. The average Bonchev–Trinajstić information content (AvgIpc) is 3.16. The second kappa shape index (κ2) is 10.3. The minimum absolute atomic E-state index is 0.0283. The Morgan fingerprint density at radius 3 is 2.62 bits per heavy atom. The summed E-state index contributed by atoms with van der Waals surface area (Å²) in [6.45, 7) is 3.89. The standard InChI is InChI=1S/C25H29N3O4S2/c1-3-4-7-18-10-12-20(13-11-18)28-24(30)21-8-5-6-9-22(21)27-25(28)33-17(2)23(29)26-19-14-15-34(31,32)16-19/h5-6,8-13,17,19H,3-4,7,14-16H2,1-2H3,(H,26,29). The van der Waals surface area contributed by atoms with E-state index in [9.17, 15) is 18.0 Å². The highest BCUT2D eigenvalue weighted by atomic mass is 32.2. The van der Waals surface area contributed by atoms with E-state index in [1.54, 1.807) is 23.6 Å². The first-order valence-electron chi connectivity index (χ1n) is 11.6. The fourth-order valence-corrected chi connectivity index (χ4v) is 6.66. The van der Waals surface area contributed by atoms with Crippen molar-refractivity contribution in [3.63, 3.8) is 0 Å². The number of aromatic nitrogens is 2. The van der Waals surface area contributed by atoms with E-state index in [1.807, 2.05) is 36.4 Å². The van der Waals surface area contributed by atoms with Gasteiger partial charge in [0.15, 0.2) is 15.0 Å². The van der Waals surface area contributed by atoms with Crippen molar-refractivity contribution in [3.8, 4) is 5.69 Å². The summed E-state index contributed by atoms with van der Waals surface area (Å²) in [4.78, 5) is 31.0. The lowest BCUT2D eigenvalue weighted by atomic mass is 10.1. The van der Waals surface area contributed by atoms with Gasteiger partial charge in [-0.2, -0.15) is 0 Å². The van der Waals surface area contributed by atoms with E-state index < -0.39 is 15.1 Å². The third-order valence-electron chi connectivity index (χ3n) is 5.99. The summed E-state index contributed by atoms with van der Waals surface area (Å²) in [6.07, 6.45) is 3.63. The number of aryl methyl sites for hydroxylation is 1. The maximum atomic E-state index is 13.5. The van der Waals surface area contributed by atoms with Crippen LogP contribution in [0.1, 0.15) is 38.7 Å². The summed E-state index contributed by atoms with van der Waals surface area (Å²) >= 11 is 1.19. The summed E-state index contributed by atoms with van der Waals surface area (Å²) in [7, 11) is -3.09. The van der Waals surface area contributed by atoms with Crippen LogP contribution in [-0.4, -0.2) is 46.7 Å². The Morgan fingerprint density at radius 1 is 1.21 bits per heavy atom. The molecule has 1 aliphatic rings. The molecule has 2 unspecified atom stereocenters. The van der Waals surface area contributed by atoms with Crippen molar-refractivity contribution in [2.24, 2.45) is 0 Å². The van der Waals surface area contributed by atoms with Gasteiger partial charge >= 0.3 is 0 Å². The number of nitrogens with one attached hydrogen (secondary N) is 1.